The first-order valence-electron chi connectivity index (χ1n) is 7.31. The van der Waals surface area contributed by atoms with E-state index >= 15 is 0 Å². The molecular formula is C15H23Cl2O7P. The van der Waals surface area contributed by atoms with Gasteiger partial charge < -0.3 is 9.47 Å². The molecule has 0 aliphatic carbocycles. The fourth-order valence-electron chi connectivity index (χ4n) is 1.34. The number of esters is 2. The van der Waals surface area contributed by atoms with Crippen LogP contribution in [-0.4, -0.2) is 42.9 Å². The summed E-state index contributed by atoms with van der Waals surface area (Å²) in [5, 5.41) is 0. The maximum atomic E-state index is 12.5. The lowest BCUT2D eigenvalue weighted by Gasteiger charge is -2.25. The molecule has 0 aromatic carbocycles. The number of carbonyl (C=O) groups is 2. The molecule has 0 saturated carbocycles. The first-order valence-corrected chi connectivity index (χ1v) is 10.4. The number of hydrogen-bond donors (Lipinski definition) is 0. The van der Waals surface area contributed by atoms with Gasteiger partial charge in [-0.3, -0.25) is 13.6 Å². The zero-order chi connectivity index (χ0) is 19.6. The molecule has 25 heavy (non-hydrogen) atoms. The minimum absolute atomic E-state index is 0.0769. The molecule has 2 unspecified atom stereocenters. The standard InChI is InChI=1S/C15H23Cl2O7P/c1-10(2)14(18)21-12(6-8-16)23-25(5,20)24-13(7-9-17)22-15(19)11(3)4/h12-13H,1,3,6-9H2,2,4-5H3. The average molecular weight is 417 g/mol. The van der Waals surface area contributed by atoms with Crippen LogP contribution in [0.2, 0.25) is 0 Å². The number of rotatable bonds is 12. The molecule has 0 aliphatic heterocycles. The molecule has 2 atom stereocenters. The second-order valence-electron chi connectivity index (χ2n) is 5.17. The highest BCUT2D eigenvalue weighted by molar-refractivity contribution is 7.53. The minimum Gasteiger partial charge on any atom is -0.432 e. The molecule has 0 spiro atoms. The predicted molar refractivity (Wildman–Crippen MR) is 95.8 cm³/mol. The first-order chi connectivity index (χ1) is 11.5. The summed E-state index contributed by atoms with van der Waals surface area (Å²) in [5.41, 5.74) is 0.288. The molecule has 0 aromatic heterocycles. The molecule has 0 amide bonds. The maximum Gasteiger partial charge on any atom is 0.335 e. The van der Waals surface area contributed by atoms with Gasteiger partial charge in [0.25, 0.3) is 0 Å². The van der Waals surface area contributed by atoms with E-state index in [1.807, 2.05) is 0 Å². The van der Waals surface area contributed by atoms with E-state index in [1.54, 1.807) is 0 Å². The Morgan fingerprint density at radius 2 is 1.24 bits per heavy atom. The van der Waals surface area contributed by atoms with Crippen LogP contribution in [-0.2, 0) is 32.7 Å². The Morgan fingerprint density at radius 3 is 1.48 bits per heavy atom. The molecule has 0 fully saturated rings. The summed E-state index contributed by atoms with van der Waals surface area (Å²) in [6.07, 6.45) is -2.25. The van der Waals surface area contributed by atoms with Crippen LogP contribution in [0.25, 0.3) is 0 Å². The van der Waals surface area contributed by atoms with E-state index < -0.39 is 32.1 Å². The van der Waals surface area contributed by atoms with Crippen LogP contribution in [0.3, 0.4) is 0 Å². The lowest BCUT2D eigenvalue weighted by Crippen LogP contribution is -2.25. The van der Waals surface area contributed by atoms with Crippen molar-refractivity contribution in [2.45, 2.75) is 39.3 Å². The normalized spacial score (nSPS) is 15.6. The first kappa shape index (κ1) is 24.1. The second-order valence-corrected chi connectivity index (χ2v) is 7.89. The number of halogens is 2. The predicted octanol–water partition coefficient (Wildman–Crippen LogP) is 3.99. The van der Waals surface area contributed by atoms with Crippen molar-refractivity contribution in [3.63, 3.8) is 0 Å². The van der Waals surface area contributed by atoms with Crippen LogP contribution >= 0.6 is 30.8 Å². The van der Waals surface area contributed by atoms with Crippen molar-refractivity contribution >= 4 is 42.7 Å². The van der Waals surface area contributed by atoms with Crippen molar-refractivity contribution in [3.05, 3.63) is 24.3 Å². The van der Waals surface area contributed by atoms with Gasteiger partial charge in [-0.2, -0.15) is 0 Å². The summed E-state index contributed by atoms with van der Waals surface area (Å²) in [7, 11) is -3.77. The summed E-state index contributed by atoms with van der Waals surface area (Å²) in [5.74, 6) is -1.27. The minimum atomic E-state index is -3.77. The van der Waals surface area contributed by atoms with Gasteiger partial charge >= 0.3 is 19.5 Å². The molecule has 0 N–H and O–H groups in total. The Morgan fingerprint density at radius 1 is 0.920 bits per heavy atom. The third kappa shape index (κ3) is 10.7. The SMILES string of the molecule is C=C(C)C(=O)OC(CCCl)OP(C)(=O)OC(CCCl)OC(=O)C(=C)C. The lowest BCUT2D eigenvalue weighted by molar-refractivity contribution is -0.165. The number of ether oxygens (including phenoxy) is 2. The van der Waals surface area contributed by atoms with Gasteiger partial charge in [-0.05, 0) is 13.8 Å². The van der Waals surface area contributed by atoms with Crippen molar-refractivity contribution in [2.24, 2.45) is 0 Å². The van der Waals surface area contributed by atoms with Crippen LogP contribution in [0.4, 0.5) is 0 Å². The fourth-order valence-corrected chi connectivity index (χ4v) is 2.89. The van der Waals surface area contributed by atoms with Crippen molar-refractivity contribution in [1.82, 2.24) is 0 Å². The zero-order valence-corrected chi connectivity index (χ0v) is 16.9. The largest absolute Gasteiger partial charge is 0.432 e. The summed E-state index contributed by atoms with van der Waals surface area (Å²) in [6.45, 7) is 10.9. The molecule has 0 radical (unpaired) electrons. The Bertz CT molecular complexity index is 506. The smallest absolute Gasteiger partial charge is 0.335 e. The van der Waals surface area contributed by atoms with Crippen molar-refractivity contribution < 1.29 is 32.7 Å². The average Bonchev–Trinajstić information content (AvgIpc) is 2.46. The third-order valence-corrected chi connectivity index (χ3v) is 4.15. The molecule has 10 heteroatoms. The molecule has 0 rings (SSSR count). The summed E-state index contributed by atoms with van der Waals surface area (Å²) >= 11 is 11.3. The Kier molecular flexibility index (Phi) is 11.3. The molecule has 0 saturated heterocycles. The lowest BCUT2D eigenvalue weighted by atomic mass is 10.3. The van der Waals surface area contributed by atoms with Gasteiger partial charge in [0.05, 0.1) is 0 Å². The Hall–Kier alpha value is -0.850. The van der Waals surface area contributed by atoms with Gasteiger partial charge in [-0.15, -0.1) is 23.2 Å². The molecule has 0 heterocycles. The summed E-state index contributed by atoms with van der Waals surface area (Å²) in [4.78, 5) is 23.2. The monoisotopic (exact) mass is 416 g/mol. The van der Waals surface area contributed by atoms with Crippen LogP contribution < -0.4 is 0 Å². The number of hydrogen-bond acceptors (Lipinski definition) is 7. The van der Waals surface area contributed by atoms with E-state index in [0.717, 1.165) is 6.66 Å². The van der Waals surface area contributed by atoms with E-state index in [1.165, 1.54) is 13.8 Å². The van der Waals surface area contributed by atoms with E-state index in [9.17, 15) is 14.2 Å². The molecule has 0 aliphatic rings. The molecular weight excluding hydrogens is 394 g/mol. The number of alkyl halides is 2. The maximum absolute atomic E-state index is 12.5. The molecule has 144 valence electrons. The van der Waals surface area contributed by atoms with Crippen LogP contribution in [0.1, 0.15) is 26.7 Å². The van der Waals surface area contributed by atoms with Crippen LogP contribution in [0.5, 0.6) is 0 Å². The fraction of sp³-hybridized carbons (Fsp3) is 0.600. The van der Waals surface area contributed by atoms with Crippen molar-refractivity contribution in [2.75, 3.05) is 18.4 Å². The highest BCUT2D eigenvalue weighted by atomic mass is 35.5. The van der Waals surface area contributed by atoms with Gasteiger partial charge in [0.2, 0.25) is 12.6 Å². The zero-order valence-electron chi connectivity index (χ0n) is 14.5. The van der Waals surface area contributed by atoms with Gasteiger partial charge in [-0.25, -0.2) is 9.59 Å². The van der Waals surface area contributed by atoms with Gasteiger partial charge in [0, 0.05) is 42.4 Å². The molecule has 0 bridgehead atoms. The Labute approximate surface area is 157 Å². The Balaban J connectivity index is 4.99. The highest BCUT2D eigenvalue weighted by Crippen LogP contribution is 2.47. The van der Waals surface area contributed by atoms with E-state index in [0.29, 0.717) is 0 Å². The van der Waals surface area contributed by atoms with E-state index in [-0.39, 0.29) is 35.7 Å². The summed E-state index contributed by atoms with van der Waals surface area (Å²) in [6, 6.07) is 0. The van der Waals surface area contributed by atoms with Crippen molar-refractivity contribution in [1.29, 1.82) is 0 Å². The summed E-state index contributed by atoms with van der Waals surface area (Å²) < 4.78 is 33.0. The van der Waals surface area contributed by atoms with Gasteiger partial charge in [0.1, 0.15) is 0 Å². The molecule has 7 nitrogen and oxygen atoms in total. The third-order valence-electron chi connectivity index (χ3n) is 2.48. The van der Waals surface area contributed by atoms with Gasteiger partial charge in [-0.1, -0.05) is 13.2 Å². The van der Waals surface area contributed by atoms with E-state index in [2.05, 4.69) is 13.2 Å². The topological polar surface area (TPSA) is 88.1 Å². The van der Waals surface area contributed by atoms with Crippen molar-refractivity contribution in [3.8, 4) is 0 Å². The van der Waals surface area contributed by atoms with E-state index in [4.69, 9.17) is 41.7 Å². The van der Waals surface area contributed by atoms with Gasteiger partial charge in [0.15, 0.2) is 0 Å². The van der Waals surface area contributed by atoms with Crippen LogP contribution in [0, 0.1) is 0 Å². The second kappa shape index (κ2) is 11.7. The molecule has 0 aromatic rings. The highest BCUT2D eigenvalue weighted by Gasteiger charge is 2.30. The van der Waals surface area contributed by atoms with Crippen LogP contribution in [0.15, 0.2) is 24.3 Å². The quantitative estimate of drug-likeness (QED) is 0.156. The number of carbonyl (C=O) groups excluding carboxylic acids is 2.